The molecule has 3 rings (SSSR count). The zero-order valence-electron chi connectivity index (χ0n) is 13.4. The molecule has 4 heteroatoms. The first kappa shape index (κ1) is 14.4. The van der Waals surface area contributed by atoms with Crippen LogP contribution >= 0.6 is 0 Å². The first-order valence-electron chi connectivity index (χ1n) is 8.08. The fraction of sp³-hybridized carbons (Fsp3) is 0.588. The number of nitrogens with zero attached hydrogens (tertiary/aromatic N) is 3. The van der Waals surface area contributed by atoms with E-state index in [4.69, 9.17) is 4.98 Å². The summed E-state index contributed by atoms with van der Waals surface area (Å²) in [6.45, 7) is 7.77. The number of hydrogen-bond acceptors (Lipinski definition) is 3. The normalized spacial score (nSPS) is 17.8. The van der Waals surface area contributed by atoms with Crippen LogP contribution in [0.3, 0.4) is 0 Å². The van der Waals surface area contributed by atoms with Crippen molar-refractivity contribution in [2.45, 2.75) is 39.7 Å². The van der Waals surface area contributed by atoms with Crippen LogP contribution in [0.25, 0.3) is 5.65 Å². The molecule has 0 amide bonds. The lowest BCUT2D eigenvalue weighted by Gasteiger charge is -2.26. The van der Waals surface area contributed by atoms with Gasteiger partial charge in [0.25, 0.3) is 0 Å². The predicted molar refractivity (Wildman–Crippen MR) is 87.8 cm³/mol. The lowest BCUT2D eigenvalue weighted by atomic mass is 9.82. The van der Waals surface area contributed by atoms with Crippen molar-refractivity contribution in [1.29, 1.82) is 0 Å². The van der Waals surface area contributed by atoms with Crippen molar-refractivity contribution >= 4 is 11.5 Å². The molecule has 4 nitrogen and oxygen atoms in total. The lowest BCUT2D eigenvalue weighted by molar-refractivity contribution is 0.301. The molecule has 0 aliphatic carbocycles. The van der Waals surface area contributed by atoms with Crippen LogP contribution in [0.2, 0.25) is 0 Å². The number of anilines is 1. The van der Waals surface area contributed by atoms with Crippen LogP contribution in [0.1, 0.15) is 38.8 Å². The number of rotatable bonds is 5. The molecule has 2 aromatic rings. The first-order valence-corrected chi connectivity index (χ1v) is 8.08. The highest BCUT2D eigenvalue weighted by Crippen LogP contribution is 2.39. The first-order chi connectivity index (χ1) is 10.2. The monoisotopic (exact) mass is 286 g/mol. The summed E-state index contributed by atoms with van der Waals surface area (Å²) in [5, 5.41) is 3.29. The van der Waals surface area contributed by atoms with Gasteiger partial charge in [-0.2, -0.15) is 0 Å². The van der Waals surface area contributed by atoms with Crippen LogP contribution in [0.5, 0.6) is 0 Å². The fourth-order valence-electron chi connectivity index (χ4n) is 3.56. The highest BCUT2D eigenvalue weighted by atomic mass is 15.3. The van der Waals surface area contributed by atoms with E-state index in [0.29, 0.717) is 5.41 Å². The van der Waals surface area contributed by atoms with Crippen molar-refractivity contribution in [1.82, 2.24) is 14.7 Å². The van der Waals surface area contributed by atoms with E-state index in [1.807, 2.05) is 7.05 Å². The van der Waals surface area contributed by atoms with E-state index >= 15 is 0 Å². The Morgan fingerprint density at radius 3 is 2.76 bits per heavy atom. The van der Waals surface area contributed by atoms with E-state index in [-0.39, 0.29) is 0 Å². The molecule has 0 saturated carbocycles. The summed E-state index contributed by atoms with van der Waals surface area (Å²) >= 11 is 0. The molecule has 114 valence electrons. The average Bonchev–Trinajstić information content (AvgIpc) is 3.10. The third-order valence-corrected chi connectivity index (χ3v) is 5.19. The number of hydrogen-bond donors (Lipinski definition) is 1. The van der Waals surface area contributed by atoms with Gasteiger partial charge < -0.3 is 14.6 Å². The zero-order chi connectivity index (χ0) is 14.9. The number of pyridine rings is 1. The molecule has 0 radical (unpaired) electrons. The van der Waals surface area contributed by atoms with E-state index in [2.05, 4.69) is 52.9 Å². The molecule has 0 atom stereocenters. The van der Waals surface area contributed by atoms with Gasteiger partial charge in [0.15, 0.2) is 5.82 Å². The zero-order valence-corrected chi connectivity index (χ0v) is 13.4. The van der Waals surface area contributed by atoms with Gasteiger partial charge in [-0.05, 0) is 43.9 Å². The molecule has 0 unspecified atom stereocenters. The molecule has 21 heavy (non-hydrogen) atoms. The standard InChI is InChI=1S/C17H26N4/c1-4-17(5-2)9-11-20(13-17)16-14(12-18-3)21-10-7-6-8-15(21)19-16/h6-8,10,18H,4-5,9,11-13H2,1-3H3. The molecule has 1 aliphatic rings. The summed E-state index contributed by atoms with van der Waals surface area (Å²) in [6, 6.07) is 6.22. The second-order valence-electron chi connectivity index (χ2n) is 6.22. The topological polar surface area (TPSA) is 32.6 Å². The quantitative estimate of drug-likeness (QED) is 0.917. The Bertz CT molecular complexity index is 612. The van der Waals surface area contributed by atoms with Crippen LogP contribution in [-0.2, 0) is 6.54 Å². The summed E-state index contributed by atoms with van der Waals surface area (Å²) in [5.74, 6) is 1.17. The second kappa shape index (κ2) is 5.68. The van der Waals surface area contributed by atoms with E-state index < -0.39 is 0 Å². The Balaban J connectivity index is 1.99. The SMILES string of the molecule is CCC1(CC)CCN(c2nc3ccccn3c2CNC)C1. The second-order valence-corrected chi connectivity index (χ2v) is 6.22. The molecule has 3 heterocycles. The summed E-state index contributed by atoms with van der Waals surface area (Å²) in [7, 11) is 2.00. The maximum Gasteiger partial charge on any atom is 0.152 e. The summed E-state index contributed by atoms with van der Waals surface area (Å²) in [5.41, 5.74) is 2.80. The Labute approximate surface area is 127 Å². The molecule has 0 aromatic carbocycles. The summed E-state index contributed by atoms with van der Waals surface area (Å²) in [6.07, 6.45) is 5.91. The van der Waals surface area contributed by atoms with Gasteiger partial charge in [0, 0.05) is 25.8 Å². The lowest BCUT2D eigenvalue weighted by Crippen LogP contribution is -2.27. The highest BCUT2D eigenvalue weighted by molar-refractivity contribution is 5.56. The van der Waals surface area contributed by atoms with Crippen LogP contribution in [-0.4, -0.2) is 29.5 Å². The Kier molecular flexibility index (Phi) is 3.89. The molecular weight excluding hydrogens is 260 g/mol. The Hall–Kier alpha value is -1.55. The predicted octanol–water partition coefficient (Wildman–Crippen LogP) is 3.07. The molecule has 2 aromatic heterocycles. The Morgan fingerprint density at radius 1 is 1.29 bits per heavy atom. The van der Waals surface area contributed by atoms with E-state index in [9.17, 15) is 0 Å². The van der Waals surface area contributed by atoms with Crippen molar-refractivity contribution in [2.75, 3.05) is 25.0 Å². The van der Waals surface area contributed by atoms with Crippen molar-refractivity contribution < 1.29 is 0 Å². The smallest absolute Gasteiger partial charge is 0.152 e. The Morgan fingerprint density at radius 2 is 2.10 bits per heavy atom. The van der Waals surface area contributed by atoms with Gasteiger partial charge in [0.2, 0.25) is 0 Å². The van der Waals surface area contributed by atoms with Gasteiger partial charge in [-0.25, -0.2) is 4.98 Å². The molecule has 0 spiro atoms. The number of nitrogens with one attached hydrogen (secondary N) is 1. The minimum absolute atomic E-state index is 0.479. The maximum absolute atomic E-state index is 4.90. The van der Waals surface area contributed by atoms with Crippen LogP contribution < -0.4 is 10.2 Å². The third kappa shape index (κ3) is 2.42. The van der Waals surface area contributed by atoms with Gasteiger partial charge in [0.05, 0.1) is 5.69 Å². The van der Waals surface area contributed by atoms with Crippen molar-refractivity contribution in [3.63, 3.8) is 0 Å². The fourth-order valence-corrected chi connectivity index (χ4v) is 3.56. The minimum atomic E-state index is 0.479. The molecular formula is C17H26N4. The van der Waals surface area contributed by atoms with Gasteiger partial charge in [-0.3, -0.25) is 0 Å². The van der Waals surface area contributed by atoms with Crippen molar-refractivity contribution in [2.24, 2.45) is 5.41 Å². The van der Waals surface area contributed by atoms with Crippen LogP contribution in [0.15, 0.2) is 24.4 Å². The highest BCUT2D eigenvalue weighted by Gasteiger charge is 2.36. The van der Waals surface area contributed by atoms with E-state index in [1.54, 1.807) is 0 Å². The molecule has 1 N–H and O–H groups in total. The van der Waals surface area contributed by atoms with Gasteiger partial charge >= 0.3 is 0 Å². The summed E-state index contributed by atoms with van der Waals surface area (Å²) < 4.78 is 2.21. The van der Waals surface area contributed by atoms with Crippen LogP contribution in [0, 0.1) is 5.41 Å². The molecule has 1 aliphatic heterocycles. The molecule has 1 fully saturated rings. The van der Waals surface area contributed by atoms with Crippen molar-refractivity contribution in [3.05, 3.63) is 30.1 Å². The molecule has 0 bridgehead atoms. The maximum atomic E-state index is 4.90. The van der Waals surface area contributed by atoms with Crippen molar-refractivity contribution in [3.8, 4) is 0 Å². The van der Waals surface area contributed by atoms with E-state index in [1.165, 1.54) is 30.8 Å². The third-order valence-electron chi connectivity index (χ3n) is 5.19. The van der Waals surface area contributed by atoms with E-state index in [0.717, 1.165) is 25.3 Å². The molecule has 1 saturated heterocycles. The van der Waals surface area contributed by atoms with Crippen LogP contribution in [0.4, 0.5) is 5.82 Å². The van der Waals surface area contributed by atoms with Gasteiger partial charge in [-0.1, -0.05) is 19.9 Å². The largest absolute Gasteiger partial charge is 0.354 e. The summed E-state index contributed by atoms with van der Waals surface area (Å²) in [4.78, 5) is 7.39. The number of aromatic nitrogens is 2. The number of fused-ring (bicyclic) bond motifs is 1. The average molecular weight is 286 g/mol. The van der Waals surface area contributed by atoms with Gasteiger partial charge in [-0.15, -0.1) is 0 Å². The van der Waals surface area contributed by atoms with Gasteiger partial charge in [0.1, 0.15) is 5.65 Å². The number of imidazole rings is 1. The minimum Gasteiger partial charge on any atom is -0.354 e.